The van der Waals surface area contributed by atoms with Crippen LogP contribution in [0.4, 0.5) is 5.69 Å². The van der Waals surface area contributed by atoms with Crippen LogP contribution in [0, 0.1) is 0 Å². The maximum absolute atomic E-state index is 11.0. The van der Waals surface area contributed by atoms with Gasteiger partial charge in [0.1, 0.15) is 6.54 Å². The van der Waals surface area contributed by atoms with E-state index in [4.69, 9.17) is 21.4 Å². The molecule has 1 saturated heterocycles. The molecule has 1 unspecified atom stereocenters. The molecule has 98 valence electrons. The third-order valence-electron chi connectivity index (χ3n) is 3.02. The van der Waals surface area contributed by atoms with Gasteiger partial charge in [-0.25, -0.2) is 0 Å². The van der Waals surface area contributed by atoms with Crippen LogP contribution < -0.4 is 4.90 Å². The van der Waals surface area contributed by atoms with Crippen LogP contribution in [0.1, 0.15) is 12.8 Å². The largest absolute Gasteiger partial charge is 0.480 e. The van der Waals surface area contributed by atoms with Gasteiger partial charge < -0.3 is 14.7 Å². The zero-order valence-corrected chi connectivity index (χ0v) is 10.8. The lowest BCUT2D eigenvalue weighted by atomic mass is 10.1. The average Bonchev–Trinajstić information content (AvgIpc) is 2.37. The number of carboxylic acids is 1. The van der Waals surface area contributed by atoms with Crippen LogP contribution in [0.15, 0.2) is 24.3 Å². The molecule has 1 aromatic carbocycles. The molecule has 0 saturated carbocycles. The van der Waals surface area contributed by atoms with E-state index in [1.54, 1.807) is 12.1 Å². The van der Waals surface area contributed by atoms with Crippen molar-refractivity contribution in [1.29, 1.82) is 0 Å². The monoisotopic (exact) mass is 269 g/mol. The Morgan fingerprint density at radius 2 is 2.39 bits per heavy atom. The topological polar surface area (TPSA) is 49.8 Å². The van der Waals surface area contributed by atoms with Gasteiger partial charge in [0.25, 0.3) is 0 Å². The Balaban J connectivity index is 2.20. The van der Waals surface area contributed by atoms with Crippen LogP contribution >= 0.6 is 11.6 Å². The highest BCUT2D eigenvalue weighted by atomic mass is 35.5. The van der Waals surface area contributed by atoms with Gasteiger partial charge in [0.05, 0.1) is 12.6 Å². The van der Waals surface area contributed by atoms with Gasteiger partial charge in [-0.2, -0.15) is 0 Å². The molecule has 0 aromatic heterocycles. The molecule has 4 nitrogen and oxygen atoms in total. The summed E-state index contributed by atoms with van der Waals surface area (Å²) in [6, 6.07) is 7.38. The molecule has 0 spiro atoms. The minimum absolute atomic E-state index is 0.0334. The van der Waals surface area contributed by atoms with Gasteiger partial charge in [-0.05, 0) is 31.0 Å². The van der Waals surface area contributed by atoms with E-state index in [9.17, 15) is 4.79 Å². The van der Waals surface area contributed by atoms with Crippen molar-refractivity contribution >= 4 is 23.3 Å². The number of hydrogen-bond donors (Lipinski definition) is 1. The van der Waals surface area contributed by atoms with Gasteiger partial charge in [0.15, 0.2) is 0 Å². The van der Waals surface area contributed by atoms with E-state index in [1.807, 2.05) is 17.0 Å². The molecule has 0 bridgehead atoms. The Morgan fingerprint density at radius 3 is 3.00 bits per heavy atom. The van der Waals surface area contributed by atoms with E-state index in [-0.39, 0.29) is 12.6 Å². The summed E-state index contributed by atoms with van der Waals surface area (Å²) in [5.74, 6) is -0.847. The quantitative estimate of drug-likeness (QED) is 0.912. The molecule has 1 fully saturated rings. The lowest BCUT2D eigenvalue weighted by Crippen LogP contribution is -2.44. The van der Waals surface area contributed by atoms with Crippen LogP contribution in [-0.4, -0.2) is 36.9 Å². The van der Waals surface area contributed by atoms with Crippen molar-refractivity contribution in [2.45, 2.75) is 18.9 Å². The van der Waals surface area contributed by atoms with Gasteiger partial charge >= 0.3 is 5.97 Å². The van der Waals surface area contributed by atoms with Crippen molar-refractivity contribution in [1.82, 2.24) is 0 Å². The summed E-state index contributed by atoms with van der Waals surface area (Å²) in [7, 11) is 0. The predicted molar refractivity (Wildman–Crippen MR) is 70.3 cm³/mol. The number of halogens is 1. The third kappa shape index (κ3) is 3.37. The molecule has 1 N–H and O–H groups in total. The number of ether oxygens (including phenoxy) is 1. The Bertz CT molecular complexity index is 418. The van der Waals surface area contributed by atoms with Crippen LogP contribution in [0.25, 0.3) is 0 Å². The second kappa shape index (κ2) is 6.07. The van der Waals surface area contributed by atoms with Gasteiger partial charge in [-0.15, -0.1) is 0 Å². The number of anilines is 1. The van der Waals surface area contributed by atoms with E-state index < -0.39 is 5.97 Å². The number of benzene rings is 1. The fourth-order valence-electron chi connectivity index (χ4n) is 2.20. The number of rotatable bonds is 4. The first-order valence-corrected chi connectivity index (χ1v) is 6.36. The number of aliphatic carboxylic acids is 1. The molecule has 0 aliphatic carbocycles. The molecular formula is C13H16ClNO3. The molecule has 1 aliphatic rings. The fourth-order valence-corrected chi connectivity index (χ4v) is 2.39. The highest BCUT2D eigenvalue weighted by molar-refractivity contribution is 6.30. The molecule has 0 radical (unpaired) electrons. The summed E-state index contributed by atoms with van der Waals surface area (Å²) < 4.78 is 5.43. The van der Waals surface area contributed by atoms with Gasteiger partial charge in [-0.1, -0.05) is 17.7 Å². The number of carbonyl (C=O) groups is 1. The van der Waals surface area contributed by atoms with Crippen LogP contribution in [-0.2, 0) is 9.53 Å². The molecule has 1 heterocycles. The van der Waals surface area contributed by atoms with Crippen LogP contribution in [0.2, 0.25) is 5.02 Å². The Hall–Kier alpha value is -1.26. The first-order chi connectivity index (χ1) is 8.66. The van der Waals surface area contributed by atoms with Gasteiger partial charge in [-0.3, -0.25) is 4.79 Å². The highest BCUT2D eigenvalue weighted by Crippen LogP contribution is 2.24. The maximum Gasteiger partial charge on any atom is 0.323 e. The predicted octanol–water partition coefficient (Wildman–Crippen LogP) is 2.41. The zero-order chi connectivity index (χ0) is 13.0. The summed E-state index contributed by atoms with van der Waals surface area (Å²) in [5, 5.41) is 9.64. The maximum atomic E-state index is 11.0. The SMILES string of the molecule is O=C(O)CN(c1cccc(Cl)c1)C1CCCOC1. The fraction of sp³-hybridized carbons (Fsp3) is 0.462. The molecule has 2 rings (SSSR count). The summed E-state index contributed by atoms with van der Waals surface area (Å²) in [4.78, 5) is 12.8. The average molecular weight is 270 g/mol. The standard InChI is InChI=1S/C13H16ClNO3/c14-10-3-1-4-11(7-10)15(8-13(16)17)12-5-2-6-18-9-12/h1,3-4,7,12H,2,5-6,8-9H2,(H,16,17). The minimum Gasteiger partial charge on any atom is -0.480 e. The van der Waals surface area contributed by atoms with Crippen molar-refractivity contribution in [2.75, 3.05) is 24.7 Å². The van der Waals surface area contributed by atoms with E-state index in [2.05, 4.69) is 0 Å². The molecular weight excluding hydrogens is 254 g/mol. The summed E-state index contributed by atoms with van der Waals surface area (Å²) in [6.07, 6.45) is 1.90. The first-order valence-electron chi connectivity index (χ1n) is 5.98. The second-order valence-electron chi connectivity index (χ2n) is 4.37. The Morgan fingerprint density at radius 1 is 1.56 bits per heavy atom. The van der Waals surface area contributed by atoms with Gasteiger partial charge in [0, 0.05) is 17.3 Å². The van der Waals surface area contributed by atoms with Crippen molar-refractivity contribution in [2.24, 2.45) is 0 Å². The second-order valence-corrected chi connectivity index (χ2v) is 4.81. The number of nitrogens with zero attached hydrogens (tertiary/aromatic N) is 1. The molecule has 0 amide bonds. The highest BCUT2D eigenvalue weighted by Gasteiger charge is 2.23. The Labute approximate surface area is 111 Å². The summed E-state index contributed by atoms with van der Waals surface area (Å²) in [5.41, 5.74) is 0.834. The number of carboxylic acid groups (broad SMARTS) is 1. The van der Waals surface area contributed by atoms with Gasteiger partial charge in [0.2, 0.25) is 0 Å². The van der Waals surface area contributed by atoms with E-state index in [0.717, 1.165) is 25.1 Å². The molecule has 5 heteroatoms. The third-order valence-corrected chi connectivity index (χ3v) is 3.26. The van der Waals surface area contributed by atoms with Crippen molar-refractivity contribution in [3.63, 3.8) is 0 Å². The van der Waals surface area contributed by atoms with Crippen molar-refractivity contribution in [3.05, 3.63) is 29.3 Å². The van der Waals surface area contributed by atoms with Crippen LogP contribution in [0.5, 0.6) is 0 Å². The molecule has 18 heavy (non-hydrogen) atoms. The lowest BCUT2D eigenvalue weighted by molar-refractivity contribution is -0.135. The zero-order valence-electron chi connectivity index (χ0n) is 10.0. The van der Waals surface area contributed by atoms with Crippen molar-refractivity contribution in [3.8, 4) is 0 Å². The number of hydrogen-bond acceptors (Lipinski definition) is 3. The van der Waals surface area contributed by atoms with Crippen LogP contribution in [0.3, 0.4) is 0 Å². The summed E-state index contributed by atoms with van der Waals surface area (Å²) >= 11 is 5.96. The molecule has 1 atom stereocenters. The summed E-state index contributed by atoms with van der Waals surface area (Å²) in [6.45, 7) is 1.29. The molecule has 1 aromatic rings. The Kier molecular flexibility index (Phi) is 4.44. The van der Waals surface area contributed by atoms with E-state index >= 15 is 0 Å². The minimum atomic E-state index is -0.847. The van der Waals surface area contributed by atoms with E-state index in [0.29, 0.717) is 11.6 Å². The van der Waals surface area contributed by atoms with E-state index in [1.165, 1.54) is 0 Å². The molecule has 1 aliphatic heterocycles. The van der Waals surface area contributed by atoms with Crippen molar-refractivity contribution < 1.29 is 14.6 Å². The smallest absolute Gasteiger partial charge is 0.323 e. The first kappa shape index (κ1) is 13.2. The normalized spacial score (nSPS) is 19.5. The lowest BCUT2D eigenvalue weighted by Gasteiger charge is -2.34.